The van der Waals surface area contributed by atoms with Gasteiger partial charge in [0.15, 0.2) is 0 Å². The summed E-state index contributed by atoms with van der Waals surface area (Å²) >= 11 is 1.89. The van der Waals surface area contributed by atoms with E-state index >= 15 is 0 Å². The molecule has 0 aromatic heterocycles. The van der Waals surface area contributed by atoms with Gasteiger partial charge in [0, 0.05) is 22.6 Å². The third-order valence-electron chi connectivity index (χ3n) is 2.97. The molecule has 1 aromatic carbocycles. The van der Waals surface area contributed by atoms with Gasteiger partial charge in [-0.3, -0.25) is 0 Å². The number of hydrogen-bond acceptors (Lipinski definition) is 4. The maximum Gasteiger partial charge on any atom is 0.123 e. The van der Waals surface area contributed by atoms with Gasteiger partial charge < -0.3 is 15.2 Å². The molecule has 2 unspecified atom stereocenters. The summed E-state index contributed by atoms with van der Waals surface area (Å²) in [5.74, 6) is 2.53. The Morgan fingerprint density at radius 1 is 1.28 bits per heavy atom. The summed E-state index contributed by atoms with van der Waals surface area (Å²) in [7, 11) is 3.32. The molecule has 2 N–H and O–H groups in total. The molecule has 0 fully saturated rings. The Balaban J connectivity index is 2.78. The van der Waals surface area contributed by atoms with Crippen molar-refractivity contribution in [2.75, 3.05) is 20.0 Å². The van der Waals surface area contributed by atoms with E-state index < -0.39 is 0 Å². The van der Waals surface area contributed by atoms with E-state index in [-0.39, 0.29) is 6.04 Å². The predicted molar refractivity (Wildman–Crippen MR) is 78.7 cm³/mol. The van der Waals surface area contributed by atoms with E-state index in [4.69, 9.17) is 15.2 Å². The van der Waals surface area contributed by atoms with Crippen molar-refractivity contribution in [2.24, 2.45) is 5.73 Å². The third-order valence-corrected chi connectivity index (χ3v) is 4.43. The van der Waals surface area contributed by atoms with Crippen LogP contribution >= 0.6 is 11.8 Å². The van der Waals surface area contributed by atoms with Crippen LogP contribution in [0.15, 0.2) is 18.2 Å². The van der Waals surface area contributed by atoms with E-state index in [1.54, 1.807) is 14.2 Å². The lowest BCUT2D eigenvalue weighted by Gasteiger charge is -2.18. The van der Waals surface area contributed by atoms with Crippen LogP contribution in [-0.4, -0.2) is 25.2 Å². The summed E-state index contributed by atoms with van der Waals surface area (Å²) < 4.78 is 10.6. The van der Waals surface area contributed by atoms with E-state index in [2.05, 4.69) is 13.8 Å². The van der Waals surface area contributed by atoms with E-state index in [0.29, 0.717) is 5.25 Å². The molecular weight excluding hydrogens is 246 g/mol. The van der Waals surface area contributed by atoms with Gasteiger partial charge in [0.1, 0.15) is 11.5 Å². The van der Waals surface area contributed by atoms with Crippen LogP contribution in [0.2, 0.25) is 0 Å². The van der Waals surface area contributed by atoms with Crippen LogP contribution in [0.5, 0.6) is 11.5 Å². The molecule has 3 nitrogen and oxygen atoms in total. The van der Waals surface area contributed by atoms with Crippen LogP contribution in [0, 0.1) is 0 Å². The maximum absolute atomic E-state index is 6.24. The molecule has 18 heavy (non-hydrogen) atoms. The van der Waals surface area contributed by atoms with Gasteiger partial charge >= 0.3 is 0 Å². The van der Waals surface area contributed by atoms with Crippen LogP contribution in [0.3, 0.4) is 0 Å². The lowest BCUT2D eigenvalue weighted by molar-refractivity contribution is 0.396. The average Bonchev–Trinajstić information content (AvgIpc) is 2.43. The normalized spacial score (nSPS) is 14.1. The van der Waals surface area contributed by atoms with Gasteiger partial charge in [0.05, 0.1) is 14.2 Å². The molecule has 102 valence electrons. The van der Waals surface area contributed by atoms with E-state index in [9.17, 15) is 0 Å². The zero-order chi connectivity index (χ0) is 13.5. The second-order valence-corrected chi connectivity index (χ2v) is 5.74. The van der Waals surface area contributed by atoms with Crippen LogP contribution in [0.25, 0.3) is 0 Å². The van der Waals surface area contributed by atoms with Crippen molar-refractivity contribution in [3.8, 4) is 11.5 Å². The van der Waals surface area contributed by atoms with E-state index in [1.807, 2.05) is 30.0 Å². The van der Waals surface area contributed by atoms with Crippen LogP contribution < -0.4 is 15.2 Å². The SMILES string of the molecule is CCC(C)SCC(N)c1cc(OC)ccc1OC. The molecule has 0 aliphatic heterocycles. The number of ether oxygens (including phenoxy) is 2. The number of rotatable bonds is 7. The number of benzene rings is 1. The standard InChI is InChI=1S/C14H23NO2S/c1-5-10(2)18-9-13(15)12-8-11(16-3)6-7-14(12)17-4/h6-8,10,13H,5,9,15H2,1-4H3. The summed E-state index contributed by atoms with van der Waals surface area (Å²) in [6, 6.07) is 5.72. The Bertz CT molecular complexity index is 371. The van der Waals surface area contributed by atoms with Gasteiger partial charge in [0.25, 0.3) is 0 Å². The maximum atomic E-state index is 6.24. The average molecular weight is 269 g/mol. The molecule has 0 radical (unpaired) electrons. The summed E-state index contributed by atoms with van der Waals surface area (Å²) in [6.07, 6.45) is 1.16. The molecule has 1 rings (SSSR count). The highest BCUT2D eigenvalue weighted by molar-refractivity contribution is 7.99. The highest BCUT2D eigenvalue weighted by Gasteiger charge is 2.14. The summed E-state index contributed by atoms with van der Waals surface area (Å²) in [6.45, 7) is 4.41. The highest BCUT2D eigenvalue weighted by Crippen LogP contribution is 2.30. The number of hydrogen-bond donors (Lipinski definition) is 1. The lowest BCUT2D eigenvalue weighted by Crippen LogP contribution is -2.15. The molecule has 0 amide bonds. The molecule has 0 heterocycles. The van der Waals surface area contributed by atoms with Crippen molar-refractivity contribution in [3.05, 3.63) is 23.8 Å². The molecule has 0 aliphatic carbocycles. The zero-order valence-electron chi connectivity index (χ0n) is 11.6. The fraction of sp³-hybridized carbons (Fsp3) is 0.571. The van der Waals surface area contributed by atoms with Gasteiger partial charge in [-0.05, 0) is 24.6 Å². The second-order valence-electron chi connectivity index (χ2n) is 4.27. The van der Waals surface area contributed by atoms with Crippen molar-refractivity contribution in [1.82, 2.24) is 0 Å². The number of methoxy groups -OCH3 is 2. The largest absolute Gasteiger partial charge is 0.497 e. The minimum absolute atomic E-state index is 0.0333. The van der Waals surface area contributed by atoms with Gasteiger partial charge in [0.2, 0.25) is 0 Å². The first-order valence-electron chi connectivity index (χ1n) is 6.21. The zero-order valence-corrected chi connectivity index (χ0v) is 12.4. The molecular formula is C14H23NO2S. The van der Waals surface area contributed by atoms with Crippen molar-refractivity contribution in [3.63, 3.8) is 0 Å². The minimum atomic E-state index is -0.0333. The molecule has 0 bridgehead atoms. The molecule has 1 aromatic rings. The summed E-state index contributed by atoms with van der Waals surface area (Å²) in [5, 5.41) is 0.632. The highest BCUT2D eigenvalue weighted by atomic mass is 32.2. The van der Waals surface area contributed by atoms with Crippen LogP contribution in [-0.2, 0) is 0 Å². The van der Waals surface area contributed by atoms with Crippen LogP contribution in [0.1, 0.15) is 31.9 Å². The number of nitrogens with two attached hydrogens (primary N) is 1. The van der Waals surface area contributed by atoms with Gasteiger partial charge in [-0.2, -0.15) is 11.8 Å². The molecule has 0 spiro atoms. The Morgan fingerprint density at radius 3 is 2.56 bits per heavy atom. The Labute approximate surface area is 114 Å². The first-order chi connectivity index (χ1) is 8.62. The molecule has 0 saturated heterocycles. The van der Waals surface area contributed by atoms with Gasteiger partial charge in [-0.1, -0.05) is 13.8 Å². The summed E-state index contributed by atoms with van der Waals surface area (Å²) in [5.41, 5.74) is 7.25. The van der Waals surface area contributed by atoms with Crippen molar-refractivity contribution in [1.29, 1.82) is 0 Å². The lowest BCUT2D eigenvalue weighted by atomic mass is 10.1. The Kier molecular flexibility index (Phi) is 6.36. The topological polar surface area (TPSA) is 44.5 Å². The smallest absolute Gasteiger partial charge is 0.123 e. The third kappa shape index (κ3) is 4.10. The number of thioether (sulfide) groups is 1. The van der Waals surface area contributed by atoms with Gasteiger partial charge in [-0.15, -0.1) is 0 Å². The first kappa shape index (κ1) is 15.2. The monoisotopic (exact) mass is 269 g/mol. The molecule has 0 aliphatic rings. The fourth-order valence-electron chi connectivity index (χ4n) is 1.60. The van der Waals surface area contributed by atoms with Crippen molar-refractivity contribution in [2.45, 2.75) is 31.6 Å². The first-order valence-corrected chi connectivity index (χ1v) is 7.26. The Hall–Kier alpha value is -0.870. The Morgan fingerprint density at radius 2 is 2.00 bits per heavy atom. The van der Waals surface area contributed by atoms with E-state index in [1.165, 1.54) is 0 Å². The minimum Gasteiger partial charge on any atom is -0.497 e. The quantitative estimate of drug-likeness (QED) is 0.825. The summed E-state index contributed by atoms with van der Waals surface area (Å²) in [4.78, 5) is 0. The van der Waals surface area contributed by atoms with E-state index in [0.717, 1.165) is 29.2 Å². The van der Waals surface area contributed by atoms with Crippen molar-refractivity contribution < 1.29 is 9.47 Å². The van der Waals surface area contributed by atoms with Gasteiger partial charge in [-0.25, -0.2) is 0 Å². The van der Waals surface area contributed by atoms with Crippen LogP contribution in [0.4, 0.5) is 0 Å². The van der Waals surface area contributed by atoms with Crippen molar-refractivity contribution >= 4 is 11.8 Å². The molecule has 4 heteroatoms. The predicted octanol–water partition coefficient (Wildman–Crippen LogP) is 3.24. The molecule has 2 atom stereocenters. The second kappa shape index (κ2) is 7.54. The fourth-order valence-corrected chi connectivity index (χ4v) is 2.56. The molecule has 0 saturated carbocycles.